The fourth-order valence-electron chi connectivity index (χ4n) is 3.24. The van der Waals surface area contributed by atoms with Crippen LogP contribution in [0, 0.1) is 5.82 Å². The number of Topliss-reactive ketones (excluding diaryl/α,β-unsaturated/α-hetero) is 1. The third-order valence-electron chi connectivity index (χ3n) is 4.87. The number of hydrogen-bond acceptors (Lipinski definition) is 7. The van der Waals surface area contributed by atoms with Crippen LogP contribution in [0.2, 0.25) is 0 Å². The van der Waals surface area contributed by atoms with Crippen LogP contribution in [0.5, 0.6) is 0 Å². The first kappa shape index (κ1) is 18.8. The molecule has 0 atom stereocenters. The smallest absolute Gasteiger partial charge is 0.247 e. The zero-order chi connectivity index (χ0) is 20.2. The largest absolute Gasteiger partial charge is 0.368 e. The van der Waals surface area contributed by atoms with Gasteiger partial charge in [0, 0.05) is 43.1 Å². The number of benzene rings is 2. The van der Waals surface area contributed by atoms with Crippen LogP contribution in [0.1, 0.15) is 17.3 Å². The number of carbonyl (C=O) groups excluding carboxylic acids is 1. The average Bonchev–Trinajstić information content (AvgIpc) is 2.75. The predicted molar refractivity (Wildman–Crippen MR) is 110 cm³/mol. The maximum Gasteiger partial charge on any atom is 0.247 e. The van der Waals surface area contributed by atoms with Crippen molar-refractivity contribution in [3.8, 4) is 0 Å². The number of piperazine rings is 1. The van der Waals surface area contributed by atoms with Crippen LogP contribution in [-0.4, -0.2) is 47.1 Å². The van der Waals surface area contributed by atoms with Gasteiger partial charge in [-0.25, -0.2) is 4.39 Å². The summed E-state index contributed by atoms with van der Waals surface area (Å²) < 4.78 is 13.1. The van der Waals surface area contributed by atoms with E-state index in [4.69, 9.17) is 0 Å². The molecular formula is C21H21FN6O. The van der Waals surface area contributed by atoms with E-state index in [1.165, 1.54) is 12.1 Å². The lowest BCUT2D eigenvalue weighted by molar-refractivity contribution is 0.101. The van der Waals surface area contributed by atoms with Crippen molar-refractivity contribution in [2.24, 2.45) is 0 Å². The second kappa shape index (κ2) is 8.22. The number of hydrogen-bond donors (Lipinski definition) is 1. The Labute approximate surface area is 168 Å². The van der Waals surface area contributed by atoms with Crippen molar-refractivity contribution < 1.29 is 9.18 Å². The van der Waals surface area contributed by atoms with Crippen molar-refractivity contribution in [2.45, 2.75) is 6.92 Å². The van der Waals surface area contributed by atoms with Crippen LogP contribution in [-0.2, 0) is 0 Å². The Bertz CT molecular complexity index is 985. The summed E-state index contributed by atoms with van der Waals surface area (Å²) in [7, 11) is 0. The molecule has 1 aliphatic rings. The zero-order valence-electron chi connectivity index (χ0n) is 16.0. The lowest BCUT2D eigenvalue weighted by Crippen LogP contribution is -2.47. The Hall–Kier alpha value is -3.55. The Balaban J connectivity index is 1.40. The normalized spacial score (nSPS) is 14.0. The minimum absolute atomic E-state index is 0.0299. The lowest BCUT2D eigenvalue weighted by Gasteiger charge is -2.35. The second-order valence-electron chi connectivity index (χ2n) is 6.85. The molecule has 2 aromatic carbocycles. The van der Waals surface area contributed by atoms with Gasteiger partial charge >= 0.3 is 0 Å². The second-order valence-corrected chi connectivity index (χ2v) is 6.85. The Morgan fingerprint density at radius 2 is 1.62 bits per heavy atom. The summed E-state index contributed by atoms with van der Waals surface area (Å²) in [5.74, 6) is 0.954. The number of nitrogens with zero attached hydrogens (tertiary/aromatic N) is 5. The maximum atomic E-state index is 13.1. The van der Waals surface area contributed by atoms with E-state index in [9.17, 15) is 9.18 Å². The van der Waals surface area contributed by atoms with Crippen molar-refractivity contribution >= 4 is 28.9 Å². The molecule has 0 saturated carbocycles. The quantitative estimate of drug-likeness (QED) is 0.668. The highest BCUT2D eigenvalue weighted by molar-refractivity contribution is 5.94. The van der Waals surface area contributed by atoms with Gasteiger partial charge in [-0.3, -0.25) is 4.79 Å². The summed E-state index contributed by atoms with van der Waals surface area (Å²) in [6.45, 7) is 4.61. The van der Waals surface area contributed by atoms with Crippen molar-refractivity contribution in [1.29, 1.82) is 0 Å². The highest BCUT2D eigenvalue weighted by Crippen LogP contribution is 2.20. The van der Waals surface area contributed by atoms with Gasteiger partial charge in [-0.2, -0.15) is 10.1 Å². The molecule has 148 valence electrons. The number of halogens is 1. The number of carbonyl (C=O) groups is 1. The zero-order valence-corrected chi connectivity index (χ0v) is 16.0. The van der Waals surface area contributed by atoms with E-state index in [0.717, 1.165) is 37.6 Å². The summed E-state index contributed by atoms with van der Waals surface area (Å²) >= 11 is 0. The molecule has 0 amide bonds. The van der Waals surface area contributed by atoms with Gasteiger partial charge in [-0.1, -0.05) is 0 Å². The monoisotopic (exact) mass is 392 g/mol. The molecule has 1 saturated heterocycles. The molecule has 1 aromatic heterocycles. The molecule has 1 fully saturated rings. The number of anilines is 4. The van der Waals surface area contributed by atoms with Crippen LogP contribution < -0.4 is 15.1 Å². The third-order valence-corrected chi connectivity index (χ3v) is 4.87. The van der Waals surface area contributed by atoms with Gasteiger partial charge in [-0.05, 0) is 55.5 Å². The van der Waals surface area contributed by atoms with Gasteiger partial charge in [0.2, 0.25) is 5.95 Å². The van der Waals surface area contributed by atoms with Crippen LogP contribution in [0.25, 0.3) is 0 Å². The first-order valence-corrected chi connectivity index (χ1v) is 9.42. The summed E-state index contributed by atoms with van der Waals surface area (Å²) in [5.41, 5.74) is 2.49. The van der Waals surface area contributed by atoms with Gasteiger partial charge in [-0.15, -0.1) is 5.10 Å². The van der Waals surface area contributed by atoms with Crippen molar-refractivity contribution in [2.75, 3.05) is 41.3 Å². The van der Waals surface area contributed by atoms with E-state index in [1.807, 2.05) is 12.1 Å². The van der Waals surface area contributed by atoms with E-state index in [0.29, 0.717) is 17.3 Å². The molecule has 1 aliphatic heterocycles. The van der Waals surface area contributed by atoms with Crippen molar-refractivity contribution in [3.05, 3.63) is 66.1 Å². The molecule has 1 N–H and O–H groups in total. The molecule has 4 rings (SSSR count). The van der Waals surface area contributed by atoms with Crippen LogP contribution >= 0.6 is 0 Å². The van der Waals surface area contributed by atoms with Crippen LogP contribution in [0.15, 0.2) is 54.7 Å². The minimum atomic E-state index is -0.230. The van der Waals surface area contributed by atoms with E-state index in [2.05, 4.69) is 30.3 Å². The van der Waals surface area contributed by atoms with Gasteiger partial charge in [0.1, 0.15) is 5.82 Å². The first-order chi connectivity index (χ1) is 14.1. The van der Waals surface area contributed by atoms with Gasteiger partial charge in [0.25, 0.3) is 0 Å². The molecule has 0 unspecified atom stereocenters. The van der Waals surface area contributed by atoms with E-state index >= 15 is 0 Å². The van der Waals surface area contributed by atoms with Gasteiger partial charge < -0.3 is 15.1 Å². The summed E-state index contributed by atoms with van der Waals surface area (Å²) in [5, 5.41) is 11.4. The van der Waals surface area contributed by atoms with Crippen molar-refractivity contribution in [3.63, 3.8) is 0 Å². The third kappa shape index (κ3) is 4.48. The van der Waals surface area contributed by atoms with E-state index < -0.39 is 0 Å². The fourth-order valence-corrected chi connectivity index (χ4v) is 3.24. The van der Waals surface area contributed by atoms with E-state index in [-0.39, 0.29) is 11.6 Å². The minimum Gasteiger partial charge on any atom is -0.368 e. The lowest BCUT2D eigenvalue weighted by atomic mass is 10.1. The first-order valence-electron chi connectivity index (χ1n) is 9.42. The molecule has 29 heavy (non-hydrogen) atoms. The molecule has 3 aromatic rings. The van der Waals surface area contributed by atoms with Crippen LogP contribution in [0.3, 0.4) is 0 Å². The molecule has 2 heterocycles. The number of rotatable bonds is 5. The highest BCUT2D eigenvalue weighted by atomic mass is 19.1. The standard InChI is InChI=1S/C21H21FN6O/c1-15(29)16-2-6-18(7-3-16)24-20-14-23-26-21(25-20)28-12-10-27(11-13-28)19-8-4-17(22)5-9-19/h2-9,14H,10-13H2,1H3,(H,24,25,26). The Morgan fingerprint density at radius 1 is 0.966 bits per heavy atom. The van der Waals surface area contributed by atoms with Gasteiger partial charge in [0.15, 0.2) is 11.6 Å². The molecule has 0 aliphatic carbocycles. The Morgan fingerprint density at radius 3 is 2.28 bits per heavy atom. The van der Waals surface area contributed by atoms with Crippen LogP contribution in [0.4, 0.5) is 27.5 Å². The molecule has 0 spiro atoms. The molecular weight excluding hydrogens is 371 g/mol. The Kier molecular flexibility index (Phi) is 5.33. The van der Waals surface area contributed by atoms with Crippen molar-refractivity contribution in [1.82, 2.24) is 15.2 Å². The summed E-state index contributed by atoms with van der Waals surface area (Å²) in [4.78, 5) is 20.2. The predicted octanol–water partition coefficient (Wildman–Crippen LogP) is 3.28. The van der Waals surface area contributed by atoms with Gasteiger partial charge in [0.05, 0.1) is 6.20 Å². The topological polar surface area (TPSA) is 74.2 Å². The molecule has 0 radical (unpaired) electrons. The molecule has 7 nitrogen and oxygen atoms in total. The maximum absolute atomic E-state index is 13.1. The molecule has 0 bridgehead atoms. The summed E-state index contributed by atoms with van der Waals surface area (Å²) in [6.07, 6.45) is 1.57. The number of aromatic nitrogens is 3. The summed E-state index contributed by atoms with van der Waals surface area (Å²) in [6, 6.07) is 13.8. The SMILES string of the molecule is CC(=O)c1ccc(Nc2cnnc(N3CCN(c4ccc(F)cc4)CC3)n2)cc1. The molecule has 8 heteroatoms. The number of ketones is 1. The average molecular weight is 392 g/mol. The van der Waals surface area contributed by atoms with E-state index in [1.54, 1.807) is 37.4 Å². The number of nitrogens with one attached hydrogen (secondary N) is 1. The fraction of sp³-hybridized carbons (Fsp3) is 0.238. The highest BCUT2D eigenvalue weighted by Gasteiger charge is 2.20.